The summed E-state index contributed by atoms with van der Waals surface area (Å²) in [5.74, 6) is 0. The van der Waals surface area contributed by atoms with Crippen LogP contribution in [0.1, 0.15) is 5.69 Å². The summed E-state index contributed by atoms with van der Waals surface area (Å²) in [4.78, 5) is 8.70. The monoisotopic (exact) mass is 225 g/mol. The Bertz CT molecular complexity index is 692. The molecule has 0 radical (unpaired) electrons. The maximum absolute atomic E-state index is 4.37. The number of fused-ring (bicyclic) bond motifs is 1. The summed E-state index contributed by atoms with van der Waals surface area (Å²) in [5.41, 5.74) is 3.52. The zero-order valence-electron chi connectivity index (χ0n) is 9.41. The Morgan fingerprint density at radius 2 is 2.12 bits per heavy atom. The van der Waals surface area contributed by atoms with Gasteiger partial charge < -0.3 is 4.40 Å². The molecular formula is C12H11N5. The average Bonchev–Trinajstić information content (AvgIpc) is 2.93. The number of rotatable bonds is 2. The van der Waals surface area contributed by atoms with Crippen LogP contribution in [-0.4, -0.2) is 24.1 Å². The Hall–Kier alpha value is -2.43. The van der Waals surface area contributed by atoms with Crippen LogP contribution in [0.3, 0.4) is 0 Å². The van der Waals surface area contributed by atoms with Crippen molar-refractivity contribution in [1.82, 2.24) is 24.1 Å². The zero-order valence-corrected chi connectivity index (χ0v) is 9.41. The number of hydrogen-bond donors (Lipinski definition) is 0. The molecule has 84 valence electrons. The summed E-state index contributed by atoms with van der Waals surface area (Å²) in [6.07, 6.45) is 11.0. The van der Waals surface area contributed by atoms with E-state index in [1.165, 1.54) is 0 Å². The Labute approximate surface area is 98.1 Å². The minimum atomic E-state index is 0.813. The van der Waals surface area contributed by atoms with Crippen molar-refractivity contribution >= 4 is 11.7 Å². The smallest absolute Gasteiger partial charge is 0.155 e. The van der Waals surface area contributed by atoms with Crippen LogP contribution in [0.15, 0.2) is 37.6 Å². The van der Waals surface area contributed by atoms with Crippen LogP contribution in [0, 0.1) is 0 Å². The van der Waals surface area contributed by atoms with Crippen LogP contribution in [-0.2, 0) is 7.05 Å². The Kier molecular flexibility index (Phi) is 2.04. The quantitative estimate of drug-likeness (QED) is 0.667. The maximum Gasteiger partial charge on any atom is 0.155 e. The molecule has 0 aromatic carbocycles. The molecule has 5 heteroatoms. The third-order valence-corrected chi connectivity index (χ3v) is 2.57. The number of hydrogen-bond acceptors (Lipinski definition) is 3. The van der Waals surface area contributed by atoms with Crippen LogP contribution < -0.4 is 0 Å². The van der Waals surface area contributed by atoms with Crippen molar-refractivity contribution in [2.24, 2.45) is 7.05 Å². The molecule has 17 heavy (non-hydrogen) atoms. The van der Waals surface area contributed by atoms with Gasteiger partial charge in [0.1, 0.15) is 0 Å². The van der Waals surface area contributed by atoms with Gasteiger partial charge in [-0.3, -0.25) is 9.67 Å². The highest BCUT2D eigenvalue weighted by molar-refractivity contribution is 5.58. The first-order valence-electron chi connectivity index (χ1n) is 5.22. The third-order valence-electron chi connectivity index (χ3n) is 2.57. The molecular weight excluding hydrogens is 214 g/mol. The average molecular weight is 225 g/mol. The summed E-state index contributed by atoms with van der Waals surface area (Å²) < 4.78 is 3.69. The zero-order chi connectivity index (χ0) is 11.8. The predicted molar refractivity (Wildman–Crippen MR) is 65.3 cm³/mol. The topological polar surface area (TPSA) is 48.0 Å². The molecule has 3 rings (SSSR count). The van der Waals surface area contributed by atoms with Crippen LogP contribution in [0.25, 0.3) is 23.0 Å². The van der Waals surface area contributed by atoms with Gasteiger partial charge in [0.25, 0.3) is 0 Å². The van der Waals surface area contributed by atoms with Gasteiger partial charge in [-0.05, 0) is 6.08 Å². The second-order valence-corrected chi connectivity index (χ2v) is 3.81. The van der Waals surface area contributed by atoms with Gasteiger partial charge in [0.15, 0.2) is 5.65 Å². The van der Waals surface area contributed by atoms with Crippen LogP contribution in [0.2, 0.25) is 0 Å². The van der Waals surface area contributed by atoms with Gasteiger partial charge in [0.05, 0.1) is 23.8 Å². The van der Waals surface area contributed by atoms with Crippen molar-refractivity contribution in [3.8, 4) is 11.3 Å². The molecule has 3 aromatic heterocycles. The van der Waals surface area contributed by atoms with Crippen molar-refractivity contribution in [1.29, 1.82) is 0 Å². The first-order valence-corrected chi connectivity index (χ1v) is 5.22. The Morgan fingerprint density at radius 1 is 1.24 bits per heavy atom. The standard InChI is InChI=1S/C12H11N5/c1-3-10-7-17-8-11(13-5-12(17)15-10)9-4-14-16(2)6-9/h3-8H,1H2,2H3. The third kappa shape index (κ3) is 1.61. The van der Waals surface area contributed by atoms with Crippen molar-refractivity contribution in [3.05, 3.63) is 43.3 Å². The highest BCUT2D eigenvalue weighted by Gasteiger charge is 2.04. The normalized spacial score (nSPS) is 10.9. The van der Waals surface area contributed by atoms with Crippen LogP contribution >= 0.6 is 0 Å². The fraction of sp³-hybridized carbons (Fsp3) is 0.0833. The molecule has 5 nitrogen and oxygen atoms in total. The van der Waals surface area contributed by atoms with E-state index in [1.54, 1.807) is 23.2 Å². The van der Waals surface area contributed by atoms with E-state index in [-0.39, 0.29) is 0 Å². The lowest BCUT2D eigenvalue weighted by molar-refractivity contribution is 0.768. The van der Waals surface area contributed by atoms with Crippen molar-refractivity contribution in [2.45, 2.75) is 0 Å². The van der Waals surface area contributed by atoms with Crippen molar-refractivity contribution in [2.75, 3.05) is 0 Å². The fourth-order valence-electron chi connectivity index (χ4n) is 1.72. The second-order valence-electron chi connectivity index (χ2n) is 3.81. The van der Waals surface area contributed by atoms with Gasteiger partial charge in [0.2, 0.25) is 0 Å². The van der Waals surface area contributed by atoms with Crippen molar-refractivity contribution in [3.63, 3.8) is 0 Å². The van der Waals surface area contributed by atoms with Crippen LogP contribution in [0.4, 0.5) is 0 Å². The van der Waals surface area contributed by atoms with Crippen molar-refractivity contribution < 1.29 is 0 Å². The molecule has 0 bridgehead atoms. The van der Waals surface area contributed by atoms with Gasteiger partial charge in [-0.15, -0.1) is 0 Å². The predicted octanol–water partition coefficient (Wildman–Crippen LogP) is 1.77. The summed E-state index contributed by atoms with van der Waals surface area (Å²) in [7, 11) is 1.88. The molecule has 0 amide bonds. The largest absolute Gasteiger partial charge is 0.303 e. The van der Waals surface area contributed by atoms with E-state index in [0.717, 1.165) is 22.6 Å². The molecule has 0 spiro atoms. The highest BCUT2D eigenvalue weighted by Crippen LogP contribution is 2.16. The fourth-order valence-corrected chi connectivity index (χ4v) is 1.72. The molecule has 3 aromatic rings. The Balaban J connectivity index is 2.15. The first-order chi connectivity index (χ1) is 8.26. The molecule has 0 unspecified atom stereocenters. The number of nitrogens with zero attached hydrogens (tertiary/aromatic N) is 5. The molecule has 0 saturated carbocycles. The van der Waals surface area contributed by atoms with Gasteiger partial charge in [0, 0.05) is 31.2 Å². The van der Waals surface area contributed by atoms with Crippen LogP contribution in [0.5, 0.6) is 0 Å². The Morgan fingerprint density at radius 3 is 2.82 bits per heavy atom. The second kappa shape index (κ2) is 3.55. The first kappa shape index (κ1) is 9.77. The summed E-state index contributed by atoms with van der Waals surface area (Å²) in [5, 5.41) is 4.13. The molecule has 0 fully saturated rings. The lowest BCUT2D eigenvalue weighted by Gasteiger charge is -1.97. The van der Waals surface area contributed by atoms with E-state index in [0.29, 0.717) is 0 Å². The van der Waals surface area contributed by atoms with E-state index in [4.69, 9.17) is 0 Å². The summed E-state index contributed by atoms with van der Waals surface area (Å²) in [6, 6.07) is 0. The number of imidazole rings is 1. The maximum atomic E-state index is 4.37. The van der Waals surface area contributed by atoms with Gasteiger partial charge >= 0.3 is 0 Å². The van der Waals surface area contributed by atoms with E-state index in [1.807, 2.05) is 30.0 Å². The summed E-state index contributed by atoms with van der Waals surface area (Å²) in [6.45, 7) is 3.70. The van der Waals surface area contributed by atoms with Gasteiger partial charge in [-0.1, -0.05) is 6.58 Å². The van der Waals surface area contributed by atoms with Gasteiger partial charge in [-0.25, -0.2) is 4.98 Å². The lowest BCUT2D eigenvalue weighted by atomic mass is 10.3. The molecule has 0 aliphatic carbocycles. The highest BCUT2D eigenvalue weighted by atomic mass is 15.2. The van der Waals surface area contributed by atoms with E-state index >= 15 is 0 Å². The minimum Gasteiger partial charge on any atom is -0.303 e. The van der Waals surface area contributed by atoms with E-state index in [9.17, 15) is 0 Å². The molecule has 0 atom stereocenters. The minimum absolute atomic E-state index is 0.813. The number of aromatic nitrogens is 5. The van der Waals surface area contributed by atoms with Gasteiger partial charge in [-0.2, -0.15) is 5.10 Å². The lowest BCUT2D eigenvalue weighted by Crippen LogP contribution is -1.89. The molecule has 0 saturated heterocycles. The molecule has 3 heterocycles. The SMILES string of the molecule is C=Cc1cn2cc(-c3cnn(C)c3)ncc2n1. The molecule has 0 N–H and O–H groups in total. The van der Waals surface area contributed by atoms with E-state index < -0.39 is 0 Å². The van der Waals surface area contributed by atoms with E-state index in [2.05, 4.69) is 21.6 Å². The number of aryl methyl sites for hydroxylation is 1. The summed E-state index contributed by atoms with van der Waals surface area (Å²) >= 11 is 0. The molecule has 0 aliphatic heterocycles. The molecule has 0 aliphatic rings.